The molecule has 0 unspecified atom stereocenters. The van der Waals surface area contributed by atoms with Crippen LogP contribution in [0.25, 0.3) is 0 Å². The molecular formula is C13H9Cl2F3N2. The van der Waals surface area contributed by atoms with Crippen molar-refractivity contribution in [1.29, 1.82) is 0 Å². The first-order chi connectivity index (χ1) is 9.29. The quantitative estimate of drug-likeness (QED) is 0.733. The molecule has 0 aromatic heterocycles. The average molecular weight is 321 g/mol. The molecule has 2 aromatic carbocycles. The first-order valence-electron chi connectivity index (χ1n) is 5.47. The van der Waals surface area contributed by atoms with Gasteiger partial charge in [-0.3, -0.25) is 0 Å². The number of nitrogen functional groups attached to an aromatic ring is 1. The number of rotatable bonds is 2. The molecule has 0 bridgehead atoms. The molecule has 0 atom stereocenters. The van der Waals surface area contributed by atoms with Gasteiger partial charge in [0.2, 0.25) is 0 Å². The molecule has 7 heteroatoms. The molecule has 3 N–H and O–H groups in total. The van der Waals surface area contributed by atoms with E-state index in [1.165, 1.54) is 6.07 Å². The van der Waals surface area contributed by atoms with Crippen LogP contribution in [-0.2, 0) is 6.18 Å². The minimum atomic E-state index is -4.44. The Morgan fingerprint density at radius 2 is 1.70 bits per heavy atom. The van der Waals surface area contributed by atoms with Gasteiger partial charge in [-0.2, -0.15) is 13.2 Å². The molecule has 0 spiro atoms. The third kappa shape index (κ3) is 3.11. The lowest BCUT2D eigenvalue weighted by molar-refractivity contribution is -0.137. The summed E-state index contributed by atoms with van der Waals surface area (Å²) in [5, 5.41) is 3.11. The smallest absolute Gasteiger partial charge is 0.397 e. The van der Waals surface area contributed by atoms with Gasteiger partial charge in [-0.15, -0.1) is 0 Å². The molecule has 0 heterocycles. The summed E-state index contributed by atoms with van der Waals surface area (Å²) in [6.07, 6.45) is -4.44. The lowest BCUT2D eigenvalue weighted by atomic mass is 10.2. The van der Waals surface area contributed by atoms with Crippen molar-refractivity contribution >= 4 is 40.3 Å². The van der Waals surface area contributed by atoms with Crippen molar-refractivity contribution in [3.63, 3.8) is 0 Å². The normalized spacial score (nSPS) is 11.4. The molecule has 0 aliphatic rings. The molecular weight excluding hydrogens is 312 g/mol. The van der Waals surface area contributed by atoms with E-state index in [9.17, 15) is 13.2 Å². The number of nitrogens with two attached hydrogens (primary N) is 1. The second kappa shape index (κ2) is 5.42. The Bertz CT molecular complexity index is 622. The van der Waals surface area contributed by atoms with Crippen LogP contribution in [0.4, 0.5) is 30.2 Å². The fourth-order valence-electron chi connectivity index (χ4n) is 1.60. The first kappa shape index (κ1) is 14.8. The van der Waals surface area contributed by atoms with Gasteiger partial charge in [-0.1, -0.05) is 29.3 Å². The van der Waals surface area contributed by atoms with Gasteiger partial charge in [-0.25, -0.2) is 0 Å². The fraction of sp³-hybridized carbons (Fsp3) is 0.0769. The van der Waals surface area contributed by atoms with E-state index in [0.29, 0.717) is 22.1 Å². The number of benzene rings is 2. The first-order valence-corrected chi connectivity index (χ1v) is 6.22. The van der Waals surface area contributed by atoms with Crippen molar-refractivity contribution in [1.82, 2.24) is 0 Å². The van der Waals surface area contributed by atoms with E-state index in [1.54, 1.807) is 18.2 Å². The Kier molecular flexibility index (Phi) is 4.01. The van der Waals surface area contributed by atoms with Crippen molar-refractivity contribution in [2.75, 3.05) is 11.1 Å². The molecule has 0 fully saturated rings. The molecule has 0 saturated heterocycles. The molecule has 2 aromatic rings. The van der Waals surface area contributed by atoms with Crippen LogP contribution in [-0.4, -0.2) is 0 Å². The highest BCUT2D eigenvalue weighted by atomic mass is 35.5. The zero-order chi connectivity index (χ0) is 14.9. The topological polar surface area (TPSA) is 38.0 Å². The second-order valence-corrected chi connectivity index (χ2v) is 4.84. The fourth-order valence-corrected chi connectivity index (χ4v) is 2.06. The van der Waals surface area contributed by atoms with Crippen LogP contribution >= 0.6 is 23.2 Å². The maximum Gasteiger partial charge on any atom is 0.416 e. The van der Waals surface area contributed by atoms with Crippen molar-refractivity contribution in [2.45, 2.75) is 6.18 Å². The Hall–Kier alpha value is -1.59. The Balaban J connectivity index is 2.36. The van der Waals surface area contributed by atoms with E-state index in [-0.39, 0.29) is 5.02 Å². The van der Waals surface area contributed by atoms with Crippen molar-refractivity contribution in [3.8, 4) is 0 Å². The van der Waals surface area contributed by atoms with Gasteiger partial charge in [0.25, 0.3) is 0 Å². The zero-order valence-corrected chi connectivity index (χ0v) is 11.4. The van der Waals surface area contributed by atoms with Gasteiger partial charge < -0.3 is 11.1 Å². The van der Waals surface area contributed by atoms with Gasteiger partial charge in [0.05, 0.1) is 32.7 Å². The third-order valence-corrected chi connectivity index (χ3v) is 3.23. The largest absolute Gasteiger partial charge is 0.416 e. The molecule has 0 amide bonds. The Morgan fingerprint density at radius 3 is 2.25 bits per heavy atom. The monoisotopic (exact) mass is 320 g/mol. The van der Waals surface area contributed by atoms with Crippen molar-refractivity contribution in [2.24, 2.45) is 0 Å². The van der Waals surface area contributed by atoms with Crippen LogP contribution in [0.15, 0.2) is 36.4 Å². The summed E-state index contributed by atoms with van der Waals surface area (Å²) in [6.45, 7) is 0. The Morgan fingerprint density at radius 1 is 1.00 bits per heavy atom. The van der Waals surface area contributed by atoms with Gasteiger partial charge in [0, 0.05) is 0 Å². The Labute approximate surface area is 123 Å². The average Bonchev–Trinajstić information content (AvgIpc) is 2.34. The summed E-state index contributed by atoms with van der Waals surface area (Å²) in [5.41, 5.74) is 5.99. The predicted octanol–water partition coefficient (Wildman–Crippen LogP) is 5.34. The van der Waals surface area contributed by atoms with Crippen LogP contribution in [0.5, 0.6) is 0 Å². The number of hydrogen-bond acceptors (Lipinski definition) is 2. The minimum Gasteiger partial charge on any atom is -0.397 e. The molecule has 0 aliphatic carbocycles. The van der Waals surface area contributed by atoms with E-state index >= 15 is 0 Å². The summed E-state index contributed by atoms with van der Waals surface area (Å²) >= 11 is 11.8. The maximum absolute atomic E-state index is 12.5. The number of anilines is 3. The predicted molar refractivity (Wildman–Crippen MR) is 75.6 cm³/mol. The van der Waals surface area contributed by atoms with E-state index in [0.717, 1.165) is 12.1 Å². The highest BCUT2D eigenvalue weighted by Crippen LogP contribution is 2.37. The second-order valence-electron chi connectivity index (χ2n) is 4.02. The number of nitrogens with one attached hydrogen (secondary N) is 1. The summed E-state index contributed by atoms with van der Waals surface area (Å²) in [5.74, 6) is 0. The summed E-state index contributed by atoms with van der Waals surface area (Å²) in [6, 6.07) is 7.90. The van der Waals surface area contributed by atoms with Crippen LogP contribution < -0.4 is 11.1 Å². The number of alkyl halides is 3. The maximum atomic E-state index is 12.5. The highest BCUT2D eigenvalue weighted by molar-refractivity contribution is 6.35. The zero-order valence-electron chi connectivity index (χ0n) is 9.93. The van der Waals surface area contributed by atoms with Crippen LogP contribution in [0.1, 0.15) is 5.56 Å². The lowest BCUT2D eigenvalue weighted by Crippen LogP contribution is -2.05. The summed E-state index contributed by atoms with van der Waals surface area (Å²) in [4.78, 5) is 0. The van der Waals surface area contributed by atoms with E-state index in [1.807, 2.05) is 0 Å². The molecule has 2 nitrogen and oxygen atoms in total. The molecule has 0 saturated carbocycles. The molecule has 20 heavy (non-hydrogen) atoms. The van der Waals surface area contributed by atoms with Crippen molar-refractivity contribution in [3.05, 3.63) is 52.0 Å². The van der Waals surface area contributed by atoms with Gasteiger partial charge in [-0.05, 0) is 30.3 Å². The van der Waals surface area contributed by atoms with Gasteiger partial charge in [0.15, 0.2) is 0 Å². The molecule has 106 valence electrons. The number of para-hydroxylation sites is 1. The third-order valence-electron chi connectivity index (χ3n) is 2.60. The van der Waals surface area contributed by atoms with Crippen LogP contribution in [0.2, 0.25) is 10.0 Å². The highest BCUT2D eigenvalue weighted by Gasteiger charge is 2.30. The number of hydrogen-bond donors (Lipinski definition) is 2. The van der Waals surface area contributed by atoms with E-state index < -0.39 is 11.7 Å². The molecule has 0 aliphatic heterocycles. The standard InChI is InChI=1S/C13H9Cl2F3N2/c14-8-2-1-3-10(19)12(8)20-11-5-4-7(6-9(11)15)13(16,17)18/h1-6,20H,19H2. The van der Waals surface area contributed by atoms with Gasteiger partial charge >= 0.3 is 6.18 Å². The van der Waals surface area contributed by atoms with Crippen LogP contribution in [0.3, 0.4) is 0 Å². The number of halogens is 5. The van der Waals surface area contributed by atoms with Crippen molar-refractivity contribution < 1.29 is 13.2 Å². The SMILES string of the molecule is Nc1cccc(Cl)c1Nc1ccc(C(F)(F)F)cc1Cl. The lowest BCUT2D eigenvalue weighted by Gasteiger charge is -2.14. The summed E-state index contributed by atoms with van der Waals surface area (Å²) < 4.78 is 37.6. The minimum absolute atomic E-state index is 0.0702. The summed E-state index contributed by atoms with van der Waals surface area (Å²) in [7, 11) is 0. The molecule has 2 rings (SSSR count). The van der Waals surface area contributed by atoms with E-state index in [2.05, 4.69) is 5.32 Å². The van der Waals surface area contributed by atoms with E-state index in [4.69, 9.17) is 28.9 Å². The van der Waals surface area contributed by atoms with Gasteiger partial charge in [0.1, 0.15) is 0 Å². The molecule has 0 radical (unpaired) electrons. The van der Waals surface area contributed by atoms with Crippen LogP contribution in [0, 0.1) is 0 Å².